The third kappa shape index (κ3) is 19.5. The smallest absolute Gasteiger partial charge is 0.328 e. The number of aliphatic hydroxyl groups is 5. The van der Waals surface area contributed by atoms with Gasteiger partial charge in [-0.2, -0.15) is 0 Å². The molecule has 77 heavy (non-hydrogen) atoms. The van der Waals surface area contributed by atoms with Crippen molar-refractivity contribution in [3.8, 4) is 0 Å². The Balaban J connectivity index is 1.86. The van der Waals surface area contributed by atoms with Crippen LogP contribution in [0.3, 0.4) is 0 Å². The molecule has 0 aliphatic carbocycles. The molecule has 0 spiro atoms. The first-order valence-corrected chi connectivity index (χ1v) is 23.2. The number of carboxylic acids is 3. The predicted molar refractivity (Wildman–Crippen MR) is 258 cm³/mol. The van der Waals surface area contributed by atoms with Crippen LogP contribution in [0, 0.1) is 0 Å². The third-order valence-electron chi connectivity index (χ3n) is 11.2. The quantitative estimate of drug-likeness (QED) is 0.0269. The minimum absolute atomic E-state index is 0.149. The van der Waals surface area contributed by atoms with Crippen molar-refractivity contribution in [3.63, 3.8) is 0 Å². The van der Waals surface area contributed by atoms with Gasteiger partial charge < -0.3 is 104 Å². The topological polar surface area (TPSA) is 545 Å². The summed E-state index contributed by atoms with van der Waals surface area (Å²) in [6.07, 6.45) is 0.456. The van der Waals surface area contributed by atoms with Gasteiger partial charge in [0.15, 0.2) is 0 Å². The average Bonchev–Trinajstić information content (AvgIpc) is 4.07. The van der Waals surface area contributed by atoms with E-state index in [-0.39, 0.29) is 12.1 Å². The van der Waals surface area contributed by atoms with Crippen LogP contribution in [-0.2, 0) is 70.4 Å². The summed E-state index contributed by atoms with van der Waals surface area (Å²) in [6, 6.07) is -11.0. The molecule has 33 nitrogen and oxygen atoms in total. The number of carboxylic acid groups (broad SMARTS) is 3. The van der Waals surface area contributed by atoms with Crippen LogP contribution in [-0.4, -0.2) is 220 Å². The Morgan fingerprint density at radius 1 is 0.519 bits per heavy atom. The monoisotopic (exact) mass is 1090 g/mol. The zero-order valence-electron chi connectivity index (χ0n) is 40.9. The largest absolute Gasteiger partial charge is 0.481 e. The van der Waals surface area contributed by atoms with E-state index in [1.54, 1.807) is 24.3 Å². The minimum Gasteiger partial charge on any atom is -0.481 e. The van der Waals surface area contributed by atoms with E-state index in [9.17, 15) is 93.3 Å². The molecule has 2 heterocycles. The predicted octanol–water partition coefficient (Wildman–Crippen LogP) is -9.23. The summed E-state index contributed by atoms with van der Waals surface area (Å²) in [7, 11) is 0. The zero-order valence-corrected chi connectivity index (χ0v) is 40.9. The molecule has 3 rings (SSSR count). The molecule has 0 bridgehead atoms. The van der Waals surface area contributed by atoms with Crippen LogP contribution in [0.2, 0.25) is 0 Å². The summed E-state index contributed by atoms with van der Waals surface area (Å²) in [5, 5.41) is 96.6. The lowest BCUT2D eigenvalue weighted by molar-refractivity contribution is -0.143. The van der Waals surface area contributed by atoms with E-state index >= 15 is 0 Å². The van der Waals surface area contributed by atoms with Gasteiger partial charge in [0, 0.05) is 48.3 Å². The summed E-state index contributed by atoms with van der Waals surface area (Å²) >= 11 is 0. The van der Waals surface area contributed by atoms with Crippen LogP contribution in [0.5, 0.6) is 0 Å². The van der Waals surface area contributed by atoms with Crippen molar-refractivity contribution in [1.29, 1.82) is 0 Å². The number of aliphatic hydroxyl groups excluding tert-OH is 5. The summed E-state index contributed by atoms with van der Waals surface area (Å²) in [4.78, 5) is 165. The summed E-state index contributed by atoms with van der Waals surface area (Å²) < 4.78 is 0. The maximum absolute atomic E-state index is 14.0. The van der Waals surface area contributed by atoms with Gasteiger partial charge >= 0.3 is 17.9 Å². The third-order valence-corrected chi connectivity index (χ3v) is 11.2. The van der Waals surface area contributed by atoms with Crippen LogP contribution in [0.4, 0.5) is 0 Å². The Hall–Kier alpha value is -8.63. The Morgan fingerprint density at radius 3 is 1.48 bits per heavy atom. The number of nitrogens with two attached hydrogens (primary N) is 1. The van der Waals surface area contributed by atoms with Gasteiger partial charge in [-0.05, 0) is 25.0 Å². The molecule has 0 radical (unpaired) electrons. The molecular weight excluding hydrogens is 1030 g/mol. The number of aromatic nitrogens is 3. The van der Waals surface area contributed by atoms with E-state index in [0.29, 0.717) is 16.5 Å². The van der Waals surface area contributed by atoms with E-state index in [1.165, 1.54) is 18.7 Å². The first-order chi connectivity index (χ1) is 36.5. The average molecular weight is 1090 g/mol. The second-order valence-electron chi connectivity index (χ2n) is 17.0. The number of para-hydroxylation sites is 1. The molecule has 0 unspecified atom stereocenters. The van der Waals surface area contributed by atoms with Crippen LogP contribution >= 0.6 is 0 Å². The summed E-state index contributed by atoms with van der Waals surface area (Å²) in [5.74, 6) is -15.7. The first-order valence-electron chi connectivity index (χ1n) is 23.2. The second-order valence-corrected chi connectivity index (χ2v) is 17.0. The van der Waals surface area contributed by atoms with Crippen molar-refractivity contribution in [1.82, 2.24) is 62.8 Å². The second kappa shape index (κ2) is 30.7. The van der Waals surface area contributed by atoms with Crippen molar-refractivity contribution in [2.24, 2.45) is 5.73 Å². The lowest BCUT2D eigenvalue weighted by Crippen LogP contribution is -2.61. The number of aromatic amines is 2. The fraction of sp³-hybridized carbons (Fsp3) is 0.477. The Bertz CT molecular complexity index is 2580. The first kappa shape index (κ1) is 62.7. The molecule has 9 amide bonds. The van der Waals surface area contributed by atoms with Gasteiger partial charge in [-0.25, -0.2) is 9.78 Å². The Kier molecular flexibility index (Phi) is 25.0. The summed E-state index contributed by atoms with van der Waals surface area (Å²) in [5.41, 5.74) is 6.70. The number of imidazole rings is 1. The maximum Gasteiger partial charge on any atom is 0.328 e. The number of carbonyl (C=O) groups is 12. The van der Waals surface area contributed by atoms with Gasteiger partial charge in [0.1, 0.15) is 60.4 Å². The van der Waals surface area contributed by atoms with Crippen molar-refractivity contribution in [2.75, 3.05) is 33.0 Å². The fourth-order valence-corrected chi connectivity index (χ4v) is 6.92. The van der Waals surface area contributed by atoms with Gasteiger partial charge in [-0.15, -0.1) is 0 Å². The highest BCUT2D eigenvalue weighted by atomic mass is 16.4. The van der Waals surface area contributed by atoms with Gasteiger partial charge in [-0.3, -0.25) is 52.7 Å². The molecule has 0 saturated carbocycles. The lowest BCUT2D eigenvalue weighted by Gasteiger charge is -2.27. The van der Waals surface area contributed by atoms with E-state index < -0.39 is 190 Å². The normalized spacial score (nSPS) is 14.9. The van der Waals surface area contributed by atoms with Gasteiger partial charge in [0.05, 0.1) is 45.8 Å². The van der Waals surface area contributed by atoms with Crippen LogP contribution < -0.4 is 53.6 Å². The van der Waals surface area contributed by atoms with E-state index in [4.69, 9.17) is 10.8 Å². The molecule has 33 heteroatoms. The molecule has 0 aliphatic heterocycles. The van der Waals surface area contributed by atoms with Crippen LogP contribution in [0.1, 0.15) is 37.4 Å². The lowest BCUT2D eigenvalue weighted by atomic mass is 10.0. The molecule has 10 atom stereocenters. The van der Waals surface area contributed by atoms with Gasteiger partial charge in [-0.1, -0.05) is 18.2 Å². The number of aliphatic carboxylic acids is 3. The highest BCUT2D eigenvalue weighted by molar-refractivity contribution is 5.99. The number of hydrogen-bond acceptors (Lipinski definition) is 19. The number of fused-ring (bicyclic) bond motifs is 1. The Labute approximate surface area is 434 Å². The van der Waals surface area contributed by atoms with Gasteiger partial charge in [0.2, 0.25) is 53.2 Å². The standard InChI is InChI=1S/C44H61N13O20/c1-19(35(67)54-29(14-59)43(75)57-32(17-62)44(76)77)49-37(69)25(6-7-33(63)64)50-39(71)27(9-21-12-46-18-48-21)52-40(72)28(10-34(65)66)53-42(74)31(16-61)56-38(70)26(8-20-11-47-24-5-3-2-4-22(20)24)51-41(73)30(15-60)55-36(68)23(45)13-58/h2-5,11-12,18-19,23,25-32,47,58-62H,6-10,13-17,45H2,1H3,(H,46,48)(H,49,69)(H,50,71)(H,51,73)(H,52,72)(H,53,74)(H,54,67)(H,55,68)(H,56,70)(H,57,75)(H,63,64)(H,65,66)(H,76,77)/t19-,23-,25-,26-,27-,28-,29-,30-,31-,32-/m0/s1. The number of hydrogen-bond donors (Lipinski definition) is 20. The highest BCUT2D eigenvalue weighted by Crippen LogP contribution is 2.19. The summed E-state index contributed by atoms with van der Waals surface area (Å²) in [6.45, 7) is -4.10. The zero-order chi connectivity index (χ0) is 57.5. The molecule has 3 aromatic rings. The maximum atomic E-state index is 14.0. The number of rotatable bonds is 33. The van der Waals surface area contributed by atoms with Gasteiger partial charge in [0.25, 0.3) is 0 Å². The molecule has 422 valence electrons. The van der Waals surface area contributed by atoms with Crippen molar-refractivity contribution < 1.29 is 98.4 Å². The number of nitrogens with one attached hydrogen (secondary N) is 11. The Morgan fingerprint density at radius 2 is 0.974 bits per heavy atom. The number of benzene rings is 1. The molecule has 0 saturated heterocycles. The minimum atomic E-state index is -2.10. The fourth-order valence-electron chi connectivity index (χ4n) is 6.92. The SMILES string of the molecule is C[C@H](NC(=O)[C@H](CCC(=O)O)NC(=O)[C@H](Cc1cnc[nH]1)NC(=O)[C@H](CC(=O)O)NC(=O)[C@H](CO)NC(=O)[C@H](Cc1c[nH]c2ccccc12)NC(=O)[C@H](CO)NC(=O)[C@@H](N)CO)C(=O)N[C@@H](CO)C(=O)N[C@@H](CO)C(=O)O. The molecule has 1 aromatic carbocycles. The molecule has 21 N–H and O–H groups in total. The van der Waals surface area contributed by atoms with E-state index in [2.05, 4.69) is 57.5 Å². The van der Waals surface area contributed by atoms with E-state index in [0.717, 1.165) is 6.92 Å². The van der Waals surface area contributed by atoms with Crippen LogP contribution in [0.15, 0.2) is 43.0 Å². The number of amides is 9. The molecule has 0 aliphatic rings. The van der Waals surface area contributed by atoms with Crippen molar-refractivity contribution in [3.05, 3.63) is 54.2 Å². The molecule has 2 aromatic heterocycles. The van der Waals surface area contributed by atoms with Crippen molar-refractivity contribution >= 4 is 82.0 Å². The van der Waals surface area contributed by atoms with Crippen molar-refractivity contribution in [2.45, 2.75) is 99.4 Å². The molecular formula is C44H61N13O20. The van der Waals surface area contributed by atoms with E-state index in [1.807, 2.05) is 5.32 Å². The highest BCUT2D eigenvalue weighted by Gasteiger charge is 2.36. The number of carbonyl (C=O) groups excluding carboxylic acids is 9. The van der Waals surface area contributed by atoms with Crippen LogP contribution in [0.25, 0.3) is 10.9 Å². The number of nitrogens with zero attached hydrogens (tertiary/aromatic N) is 1. The number of H-pyrrole nitrogens is 2. The molecule has 0 fully saturated rings.